The Labute approximate surface area is 119 Å². The lowest BCUT2D eigenvalue weighted by molar-refractivity contribution is 0.468. The molecule has 0 fully saturated rings. The molecule has 2 rings (SSSR count). The molecule has 1 N–H and O–H groups in total. The van der Waals surface area contributed by atoms with Gasteiger partial charge < -0.3 is 5.32 Å². The Hall–Kier alpha value is -1.68. The lowest BCUT2D eigenvalue weighted by atomic mass is 10.1. The third-order valence-electron chi connectivity index (χ3n) is 3.67. The van der Waals surface area contributed by atoms with Gasteiger partial charge >= 0.3 is 0 Å². The van der Waals surface area contributed by atoms with E-state index >= 15 is 0 Å². The molecule has 0 saturated heterocycles. The topological polar surface area (TPSA) is 29.9 Å². The van der Waals surface area contributed by atoms with Crippen LogP contribution in [0.2, 0.25) is 0 Å². The van der Waals surface area contributed by atoms with Crippen LogP contribution in [0, 0.1) is 5.82 Å². The van der Waals surface area contributed by atoms with Crippen LogP contribution < -0.4 is 5.32 Å². The molecule has 2 aromatic rings. The molecular formula is C16H22FN3. The average Bonchev–Trinajstić information content (AvgIpc) is 2.93. The van der Waals surface area contributed by atoms with E-state index in [1.807, 2.05) is 29.1 Å². The summed E-state index contributed by atoms with van der Waals surface area (Å²) in [6.07, 6.45) is 3.09. The van der Waals surface area contributed by atoms with Crippen LogP contribution in [0.3, 0.4) is 0 Å². The van der Waals surface area contributed by atoms with Crippen molar-refractivity contribution in [3.8, 4) is 0 Å². The van der Waals surface area contributed by atoms with Crippen molar-refractivity contribution in [2.45, 2.75) is 45.8 Å². The van der Waals surface area contributed by atoms with E-state index in [-0.39, 0.29) is 11.9 Å². The summed E-state index contributed by atoms with van der Waals surface area (Å²) >= 11 is 0. The third-order valence-corrected chi connectivity index (χ3v) is 3.67. The standard InChI is InChI=1S/C16H22FN3/c1-4-12(2)20-10-9-16(19-20)11-18-13(3)14-5-7-15(17)8-6-14/h5-10,12-13,18H,4,11H2,1-3H3. The first-order chi connectivity index (χ1) is 9.60. The van der Waals surface area contributed by atoms with Crippen LogP contribution in [-0.4, -0.2) is 9.78 Å². The van der Waals surface area contributed by atoms with E-state index in [1.54, 1.807) is 0 Å². The molecule has 1 aromatic heterocycles. The molecule has 1 heterocycles. The SMILES string of the molecule is CCC(C)n1ccc(CNC(C)c2ccc(F)cc2)n1. The second-order valence-corrected chi connectivity index (χ2v) is 5.20. The second kappa shape index (κ2) is 6.66. The number of hydrogen-bond donors (Lipinski definition) is 1. The fourth-order valence-electron chi connectivity index (χ4n) is 2.03. The summed E-state index contributed by atoms with van der Waals surface area (Å²) in [6.45, 7) is 7.09. The van der Waals surface area contributed by atoms with Crippen molar-refractivity contribution >= 4 is 0 Å². The highest BCUT2D eigenvalue weighted by atomic mass is 19.1. The number of aromatic nitrogens is 2. The molecule has 0 aliphatic rings. The minimum absolute atomic E-state index is 0.171. The van der Waals surface area contributed by atoms with Crippen molar-refractivity contribution in [3.05, 3.63) is 53.6 Å². The second-order valence-electron chi connectivity index (χ2n) is 5.20. The van der Waals surface area contributed by atoms with Gasteiger partial charge in [0.2, 0.25) is 0 Å². The minimum atomic E-state index is -0.201. The fraction of sp³-hybridized carbons (Fsp3) is 0.438. The Bertz CT molecular complexity index is 533. The number of benzene rings is 1. The summed E-state index contributed by atoms with van der Waals surface area (Å²) in [7, 11) is 0. The van der Waals surface area contributed by atoms with E-state index in [4.69, 9.17) is 0 Å². The minimum Gasteiger partial charge on any atom is -0.304 e. The summed E-state index contributed by atoms with van der Waals surface area (Å²) in [4.78, 5) is 0. The molecule has 20 heavy (non-hydrogen) atoms. The van der Waals surface area contributed by atoms with Gasteiger partial charge in [-0.1, -0.05) is 19.1 Å². The first-order valence-electron chi connectivity index (χ1n) is 7.13. The molecular weight excluding hydrogens is 253 g/mol. The van der Waals surface area contributed by atoms with Gasteiger partial charge in [-0.15, -0.1) is 0 Å². The van der Waals surface area contributed by atoms with Gasteiger partial charge in [-0.25, -0.2) is 4.39 Å². The van der Waals surface area contributed by atoms with E-state index in [0.717, 1.165) is 17.7 Å². The monoisotopic (exact) mass is 275 g/mol. The van der Waals surface area contributed by atoms with Crippen molar-refractivity contribution in [2.75, 3.05) is 0 Å². The van der Waals surface area contributed by atoms with E-state index < -0.39 is 0 Å². The summed E-state index contributed by atoms with van der Waals surface area (Å²) in [5, 5.41) is 7.96. The first-order valence-corrected chi connectivity index (χ1v) is 7.13. The maximum absolute atomic E-state index is 12.9. The van der Waals surface area contributed by atoms with Gasteiger partial charge in [0, 0.05) is 24.8 Å². The predicted octanol–water partition coefficient (Wildman–Crippen LogP) is 3.84. The lowest BCUT2D eigenvalue weighted by Gasteiger charge is -2.13. The maximum Gasteiger partial charge on any atom is 0.123 e. The number of hydrogen-bond acceptors (Lipinski definition) is 2. The fourth-order valence-corrected chi connectivity index (χ4v) is 2.03. The molecule has 0 amide bonds. The van der Waals surface area contributed by atoms with Crippen LogP contribution in [0.15, 0.2) is 36.5 Å². The molecule has 0 bridgehead atoms. The van der Waals surface area contributed by atoms with Gasteiger partial charge in [0.15, 0.2) is 0 Å². The molecule has 0 spiro atoms. The van der Waals surface area contributed by atoms with Gasteiger partial charge in [-0.2, -0.15) is 5.10 Å². The summed E-state index contributed by atoms with van der Waals surface area (Å²) in [5.74, 6) is -0.201. The molecule has 0 saturated carbocycles. The molecule has 2 unspecified atom stereocenters. The maximum atomic E-state index is 12.9. The van der Waals surface area contributed by atoms with Crippen molar-refractivity contribution in [1.29, 1.82) is 0 Å². The normalized spacial score (nSPS) is 14.2. The van der Waals surface area contributed by atoms with Crippen LogP contribution >= 0.6 is 0 Å². The molecule has 0 radical (unpaired) electrons. The van der Waals surface area contributed by atoms with Crippen molar-refractivity contribution < 1.29 is 4.39 Å². The molecule has 108 valence electrons. The largest absolute Gasteiger partial charge is 0.304 e. The van der Waals surface area contributed by atoms with E-state index in [0.29, 0.717) is 12.6 Å². The molecule has 0 aliphatic carbocycles. The molecule has 1 aromatic carbocycles. The zero-order valence-corrected chi connectivity index (χ0v) is 12.3. The van der Waals surface area contributed by atoms with Crippen LogP contribution in [0.1, 0.15) is 50.5 Å². The molecule has 3 nitrogen and oxygen atoms in total. The quantitative estimate of drug-likeness (QED) is 0.868. The Morgan fingerprint density at radius 1 is 1.20 bits per heavy atom. The zero-order valence-electron chi connectivity index (χ0n) is 12.3. The Morgan fingerprint density at radius 2 is 1.90 bits per heavy atom. The highest BCUT2D eigenvalue weighted by Crippen LogP contribution is 2.14. The van der Waals surface area contributed by atoms with Gasteiger partial charge in [0.1, 0.15) is 5.82 Å². The van der Waals surface area contributed by atoms with Crippen molar-refractivity contribution in [3.63, 3.8) is 0 Å². The third kappa shape index (κ3) is 3.67. The van der Waals surface area contributed by atoms with E-state index in [2.05, 4.69) is 31.2 Å². The van der Waals surface area contributed by atoms with E-state index in [9.17, 15) is 4.39 Å². The highest BCUT2D eigenvalue weighted by molar-refractivity contribution is 5.19. The molecule has 2 atom stereocenters. The lowest BCUT2D eigenvalue weighted by Crippen LogP contribution is -2.18. The molecule has 0 aliphatic heterocycles. The van der Waals surface area contributed by atoms with Crippen LogP contribution in [0.5, 0.6) is 0 Å². The van der Waals surface area contributed by atoms with Crippen LogP contribution in [0.4, 0.5) is 4.39 Å². The van der Waals surface area contributed by atoms with Gasteiger partial charge in [0.05, 0.1) is 5.69 Å². The number of nitrogens with one attached hydrogen (secondary N) is 1. The number of rotatable bonds is 6. The van der Waals surface area contributed by atoms with Crippen molar-refractivity contribution in [2.24, 2.45) is 0 Å². The van der Waals surface area contributed by atoms with Crippen LogP contribution in [-0.2, 0) is 6.54 Å². The number of nitrogens with zero attached hydrogens (tertiary/aromatic N) is 2. The van der Waals surface area contributed by atoms with Gasteiger partial charge in [-0.3, -0.25) is 4.68 Å². The Kier molecular flexibility index (Phi) is 4.90. The Balaban J connectivity index is 1.91. The van der Waals surface area contributed by atoms with Gasteiger partial charge in [0.25, 0.3) is 0 Å². The molecule has 4 heteroatoms. The average molecular weight is 275 g/mol. The smallest absolute Gasteiger partial charge is 0.123 e. The Morgan fingerprint density at radius 3 is 2.55 bits per heavy atom. The van der Waals surface area contributed by atoms with Crippen molar-refractivity contribution in [1.82, 2.24) is 15.1 Å². The highest BCUT2D eigenvalue weighted by Gasteiger charge is 2.08. The van der Waals surface area contributed by atoms with Crippen LogP contribution in [0.25, 0.3) is 0 Å². The van der Waals surface area contributed by atoms with E-state index in [1.165, 1.54) is 12.1 Å². The summed E-state index contributed by atoms with van der Waals surface area (Å²) < 4.78 is 14.9. The summed E-state index contributed by atoms with van der Waals surface area (Å²) in [6, 6.07) is 9.24. The summed E-state index contributed by atoms with van der Waals surface area (Å²) in [5.41, 5.74) is 2.10. The first kappa shape index (κ1) is 14.7. The predicted molar refractivity (Wildman–Crippen MR) is 78.9 cm³/mol. The zero-order chi connectivity index (χ0) is 14.5. The van der Waals surface area contributed by atoms with Gasteiger partial charge in [-0.05, 0) is 44.0 Å². The number of halogens is 1.